The number of allylic oxidation sites excluding steroid dienone is 3. The van der Waals surface area contributed by atoms with E-state index in [0.717, 1.165) is 56.3 Å². The van der Waals surface area contributed by atoms with Gasteiger partial charge in [-0.25, -0.2) is 0 Å². The van der Waals surface area contributed by atoms with Crippen LogP contribution in [0.2, 0.25) is 0 Å². The van der Waals surface area contributed by atoms with Crippen molar-refractivity contribution in [2.45, 2.75) is 19.3 Å². The molecule has 0 radical (unpaired) electrons. The van der Waals surface area contributed by atoms with E-state index in [1.807, 2.05) is 6.08 Å². The van der Waals surface area contributed by atoms with E-state index in [0.29, 0.717) is 11.8 Å². The van der Waals surface area contributed by atoms with Crippen LogP contribution >= 0.6 is 0 Å². The number of aliphatic imine (C=N–C) groups is 1. The third-order valence-corrected chi connectivity index (χ3v) is 9.28. The number of aromatic nitrogens is 2. The lowest BCUT2D eigenvalue weighted by Gasteiger charge is -2.20. The molecule has 1 N–H and O–H groups in total. The Labute approximate surface area is 268 Å². The fourth-order valence-corrected chi connectivity index (χ4v) is 7.13. The summed E-state index contributed by atoms with van der Waals surface area (Å²) < 4.78 is 4.37. The number of rotatable bonds is 5. The van der Waals surface area contributed by atoms with Gasteiger partial charge in [0.25, 0.3) is 0 Å². The number of para-hydroxylation sites is 1. The Morgan fingerprint density at radius 2 is 1.24 bits per heavy atom. The summed E-state index contributed by atoms with van der Waals surface area (Å²) >= 11 is 0. The minimum Gasteiger partial charge on any atom is -0.306 e. The van der Waals surface area contributed by atoms with Gasteiger partial charge in [0, 0.05) is 29.4 Å². The van der Waals surface area contributed by atoms with Crippen LogP contribution in [0.1, 0.15) is 30.5 Å². The molecule has 4 heteroatoms. The van der Waals surface area contributed by atoms with Crippen molar-refractivity contribution in [3.63, 3.8) is 0 Å². The molecule has 4 nitrogen and oxygen atoms in total. The van der Waals surface area contributed by atoms with Crippen molar-refractivity contribution in [2.75, 3.05) is 7.05 Å². The molecule has 0 saturated carbocycles. The van der Waals surface area contributed by atoms with Crippen molar-refractivity contribution < 1.29 is 0 Å². The van der Waals surface area contributed by atoms with Gasteiger partial charge in [-0.2, -0.15) is 0 Å². The van der Waals surface area contributed by atoms with Crippen LogP contribution in [-0.4, -0.2) is 28.2 Å². The molecular formula is C42H34N4. The van der Waals surface area contributed by atoms with E-state index in [4.69, 9.17) is 0 Å². The highest BCUT2D eigenvalue weighted by Gasteiger charge is 2.26. The molecule has 0 fully saturated rings. The van der Waals surface area contributed by atoms with Crippen molar-refractivity contribution in [2.24, 2.45) is 4.99 Å². The first-order valence-corrected chi connectivity index (χ1v) is 15.8. The summed E-state index contributed by atoms with van der Waals surface area (Å²) in [6.07, 6.45) is 9.28. The van der Waals surface area contributed by atoms with Crippen molar-refractivity contribution in [1.82, 2.24) is 9.13 Å². The van der Waals surface area contributed by atoms with Crippen LogP contribution in [-0.2, 0) is 0 Å². The second-order valence-corrected chi connectivity index (χ2v) is 12.0. The fourth-order valence-electron chi connectivity index (χ4n) is 7.13. The van der Waals surface area contributed by atoms with Crippen molar-refractivity contribution in [3.8, 4) is 22.3 Å². The van der Waals surface area contributed by atoms with E-state index < -0.39 is 0 Å². The average Bonchev–Trinajstić information content (AvgIpc) is 3.62. The molecule has 8 rings (SSSR count). The van der Waals surface area contributed by atoms with Crippen LogP contribution in [0, 0.1) is 5.41 Å². The molecule has 1 unspecified atom stereocenters. The zero-order valence-electron chi connectivity index (χ0n) is 26.0. The number of nitrogens with zero attached hydrogens (tertiary/aromatic N) is 3. The second kappa shape index (κ2) is 11.3. The first kappa shape index (κ1) is 27.8. The number of hydrogen-bond donors (Lipinski definition) is 1. The lowest BCUT2D eigenvalue weighted by molar-refractivity contribution is 0.774. The number of benzene rings is 5. The zero-order chi connectivity index (χ0) is 31.2. The van der Waals surface area contributed by atoms with Crippen molar-refractivity contribution in [3.05, 3.63) is 145 Å². The SMILES string of the molecule is CN=C/C=C(/C(=N)n1c2ccc(-c3ccccc3)cc2c2cc(-c3ccccc3)ccc21)n1c2c(c3ccccc31)C(C)CC=C2. The molecule has 1 aliphatic carbocycles. The summed E-state index contributed by atoms with van der Waals surface area (Å²) in [5, 5.41) is 13.5. The predicted octanol–water partition coefficient (Wildman–Crippen LogP) is 10.7. The van der Waals surface area contributed by atoms with Gasteiger partial charge in [-0.05, 0) is 82.6 Å². The summed E-state index contributed by atoms with van der Waals surface area (Å²) in [4.78, 5) is 4.33. The lowest BCUT2D eigenvalue weighted by Crippen LogP contribution is -2.18. The molecule has 2 heterocycles. The maximum atomic E-state index is 9.99. The molecule has 46 heavy (non-hydrogen) atoms. The molecule has 7 aromatic rings. The first-order chi connectivity index (χ1) is 22.6. The van der Waals surface area contributed by atoms with Gasteiger partial charge in [-0.15, -0.1) is 0 Å². The Kier molecular flexibility index (Phi) is 6.84. The highest BCUT2D eigenvalue weighted by molar-refractivity contribution is 6.27. The Morgan fingerprint density at radius 1 is 0.674 bits per heavy atom. The Bertz CT molecular complexity index is 2270. The summed E-state index contributed by atoms with van der Waals surface area (Å²) in [5.74, 6) is 0.789. The molecule has 1 aliphatic rings. The van der Waals surface area contributed by atoms with Crippen LogP contribution in [0.5, 0.6) is 0 Å². The number of hydrogen-bond acceptors (Lipinski definition) is 2. The van der Waals surface area contributed by atoms with E-state index in [9.17, 15) is 5.41 Å². The van der Waals surface area contributed by atoms with Crippen molar-refractivity contribution >= 4 is 56.5 Å². The van der Waals surface area contributed by atoms with Gasteiger partial charge >= 0.3 is 0 Å². The van der Waals surface area contributed by atoms with Crippen LogP contribution in [0.3, 0.4) is 0 Å². The minimum atomic E-state index is 0.391. The number of nitrogens with one attached hydrogen (secondary N) is 1. The molecule has 2 aromatic heterocycles. The van der Waals surface area contributed by atoms with Gasteiger partial charge in [-0.3, -0.25) is 15.0 Å². The van der Waals surface area contributed by atoms with Gasteiger partial charge in [0.2, 0.25) is 0 Å². The van der Waals surface area contributed by atoms with Gasteiger partial charge < -0.3 is 4.57 Å². The standard InChI is InChI=1S/C42H34N4/c1-28-12-11-19-39-41(28)33-17-9-10-18-36(33)45(39)40(24-25-44-2)42(43)46-37-22-20-31(29-13-5-3-6-14-29)26-34(37)35-27-32(21-23-38(35)46)30-15-7-4-8-16-30/h3-11,13-28,43H,12H2,1-2H3/b40-24-,43-42?,44-25?. The predicted molar refractivity (Wildman–Crippen MR) is 196 cm³/mol. The van der Waals surface area contributed by atoms with Crippen molar-refractivity contribution in [1.29, 1.82) is 5.41 Å². The molecule has 222 valence electrons. The Balaban J connectivity index is 1.40. The second-order valence-electron chi connectivity index (χ2n) is 12.0. The quantitative estimate of drug-likeness (QED) is 0.152. The Morgan fingerprint density at radius 3 is 1.85 bits per heavy atom. The third kappa shape index (κ3) is 4.45. The molecule has 0 spiro atoms. The first-order valence-electron chi connectivity index (χ1n) is 15.8. The molecule has 0 amide bonds. The summed E-state index contributed by atoms with van der Waals surface area (Å²) in [5.41, 5.74) is 11.0. The molecule has 1 atom stereocenters. The fraction of sp³-hybridized carbons (Fsp3) is 0.0952. The van der Waals surface area contributed by atoms with Gasteiger partial charge in [0.1, 0.15) is 0 Å². The van der Waals surface area contributed by atoms with Gasteiger partial charge in [-0.1, -0.05) is 104 Å². The monoisotopic (exact) mass is 594 g/mol. The summed E-state index contributed by atoms with van der Waals surface area (Å²) in [7, 11) is 1.78. The summed E-state index contributed by atoms with van der Waals surface area (Å²) in [6, 6.07) is 42.8. The topological polar surface area (TPSA) is 46.1 Å². The molecular weight excluding hydrogens is 560 g/mol. The zero-order valence-corrected chi connectivity index (χ0v) is 26.0. The lowest BCUT2D eigenvalue weighted by atomic mass is 9.91. The maximum Gasteiger partial charge on any atom is 0.154 e. The van der Waals surface area contributed by atoms with Crippen LogP contribution in [0.25, 0.3) is 66.7 Å². The third-order valence-electron chi connectivity index (χ3n) is 9.28. The maximum absolute atomic E-state index is 9.99. The smallest absolute Gasteiger partial charge is 0.154 e. The number of fused-ring (bicyclic) bond motifs is 6. The Hall–Kier alpha value is -5.74. The average molecular weight is 595 g/mol. The minimum absolute atomic E-state index is 0.391. The van der Waals surface area contributed by atoms with E-state index in [-0.39, 0.29) is 0 Å². The van der Waals surface area contributed by atoms with Gasteiger partial charge in [0.15, 0.2) is 5.84 Å². The molecule has 0 aliphatic heterocycles. The largest absolute Gasteiger partial charge is 0.306 e. The normalized spacial score (nSPS) is 14.9. The van der Waals surface area contributed by atoms with Crippen LogP contribution < -0.4 is 0 Å². The summed E-state index contributed by atoms with van der Waals surface area (Å²) in [6.45, 7) is 2.29. The van der Waals surface area contributed by atoms with Gasteiger partial charge in [0.05, 0.1) is 27.9 Å². The van der Waals surface area contributed by atoms with E-state index >= 15 is 0 Å². The highest BCUT2D eigenvalue weighted by atomic mass is 15.1. The molecule has 0 saturated heterocycles. The van der Waals surface area contributed by atoms with Crippen LogP contribution in [0.15, 0.2) is 138 Å². The highest BCUT2D eigenvalue weighted by Crippen LogP contribution is 2.41. The van der Waals surface area contributed by atoms with E-state index in [1.54, 1.807) is 13.3 Å². The molecule has 0 bridgehead atoms. The van der Waals surface area contributed by atoms with E-state index in [2.05, 4.69) is 155 Å². The van der Waals surface area contributed by atoms with E-state index in [1.165, 1.54) is 22.1 Å². The molecule has 5 aromatic carbocycles. The van der Waals surface area contributed by atoms with Crippen LogP contribution in [0.4, 0.5) is 0 Å².